The zero-order valence-electron chi connectivity index (χ0n) is 19.5. The van der Waals surface area contributed by atoms with E-state index in [1.807, 2.05) is 10.9 Å². The van der Waals surface area contributed by atoms with Crippen molar-refractivity contribution in [2.45, 2.75) is 51.2 Å². The summed E-state index contributed by atoms with van der Waals surface area (Å²) in [7, 11) is 1.27. The molecule has 34 heavy (non-hydrogen) atoms. The number of amides is 1. The number of halogens is 1. The first kappa shape index (κ1) is 23.8. The van der Waals surface area contributed by atoms with E-state index in [0.717, 1.165) is 31.1 Å². The molecule has 0 radical (unpaired) electrons. The average Bonchev–Trinajstić information content (AvgIpc) is 3.25. The summed E-state index contributed by atoms with van der Waals surface area (Å²) in [5, 5.41) is 17.5. The predicted octanol–water partition coefficient (Wildman–Crippen LogP) is 4.40. The molecule has 4 rings (SSSR count). The largest absolute Gasteiger partial charge is 0.465 e. The van der Waals surface area contributed by atoms with Crippen molar-refractivity contribution in [2.75, 3.05) is 19.0 Å². The highest BCUT2D eigenvalue weighted by Gasteiger charge is 2.25. The fourth-order valence-corrected chi connectivity index (χ4v) is 4.33. The second-order valence-corrected chi connectivity index (χ2v) is 9.25. The fourth-order valence-electron chi connectivity index (χ4n) is 4.33. The molecule has 0 spiro atoms. The minimum Gasteiger partial charge on any atom is -0.465 e. The lowest BCUT2D eigenvalue weighted by atomic mass is 9.87. The highest BCUT2D eigenvalue weighted by Crippen LogP contribution is 2.33. The van der Waals surface area contributed by atoms with Crippen LogP contribution in [-0.4, -0.2) is 45.5 Å². The topological polar surface area (TPSA) is 106 Å². The zero-order chi connectivity index (χ0) is 24.5. The molecule has 0 bridgehead atoms. The maximum absolute atomic E-state index is 14.3. The summed E-state index contributed by atoms with van der Waals surface area (Å²) < 4.78 is 21.1. The van der Waals surface area contributed by atoms with Crippen molar-refractivity contribution in [3.8, 4) is 0 Å². The number of methoxy groups -OCH3 is 1. The Kier molecular flexibility index (Phi) is 6.65. The third-order valence-electron chi connectivity index (χ3n) is 6.35. The average molecular weight is 469 g/mol. The van der Waals surface area contributed by atoms with Gasteiger partial charge in [-0.2, -0.15) is 5.10 Å². The highest BCUT2D eigenvalue weighted by molar-refractivity contribution is 6.09. The smallest absolute Gasteiger partial charge is 0.340 e. The lowest BCUT2D eigenvalue weighted by molar-refractivity contribution is 0.0602. The number of alkyl halides is 1. The summed E-state index contributed by atoms with van der Waals surface area (Å²) in [5.41, 5.74) is -0.477. The summed E-state index contributed by atoms with van der Waals surface area (Å²) in [4.78, 5) is 29.5. The molecule has 1 aliphatic carbocycles. The van der Waals surface area contributed by atoms with E-state index in [4.69, 9.17) is 4.74 Å². The number of fused-ring (bicyclic) bond motifs is 1. The van der Waals surface area contributed by atoms with Gasteiger partial charge in [-0.05, 0) is 69.7 Å². The quantitative estimate of drug-likeness (QED) is 0.520. The van der Waals surface area contributed by atoms with Gasteiger partial charge in [0.2, 0.25) is 0 Å². The standard InChI is InChI=1S/C25H29FN4O4/c1-25(2,26)22-6-4-5-19(27-22)23(32)28-21-11-16-13-30(17-9-7-15(14-31)8-10-17)29-20(16)12-18(21)24(33)34-3/h4-6,11-13,15,17,31H,7-10,14H2,1-3H3,(H,28,32). The van der Waals surface area contributed by atoms with Gasteiger partial charge in [-0.3, -0.25) is 9.48 Å². The number of nitrogens with one attached hydrogen (secondary N) is 1. The van der Waals surface area contributed by atoms with Gasteiger partial charge in [0.15, 0.2) is 0 Å². The van der Waals surface area contributed by atoms with Gasteiger partial charge in [0.25, 0.3) is 5.91 Å². The second-order valence-electron chi connectivity index (χ2n) is 9.25. The van der Waals surface area contributed by atoms with Crippen molar-refractivity contribution in [1.29, 1.82) is 0 Å². The molecule has 2 N–H and O–H groups in total. The van der Waals surface area contributed by atoms with Crippen molar-refractivity contribution in [2.24, 2.45) is 5.92 Å². The number of anilines is 1. The number of aliphatic hydroxyl groups is 1. The van der Waals surface area contributed by atoms with Crippen LogP contribution in [0.15, 0.2) is 36.5 Å². The number of carbonyl (C=O) groups excluding carboxylic acids is 2. The Morgan fingerprint density at radius 2 is 1.97 bits per heavy atom. The van der Waals surface area contributed by atoms with Crippen molar-refractivity contribution < 1.29 is 23.8 Å². The number of esters is 1. The zero-order valence-corrected chi connectivity index (χ0v) is 19.5. The van der Waals surface area contributed by atoms with E-state index >= 15 is 0 Å². The number of pyridine rings is 1. The van der Waals surface area contributed by atoms with Crippen molar-refractivity contribution in [3.05, 3.63) is 53.5 Å². The van der Waals surface area contributed by atoms with Crippen LogP contribution < -0.4 is 5.32 Å². The van der Waals surface area contributed by atoms with Crippen LogP contribution in [0.4, 0.5) is 10.1 Å². The SMILES string of the molecule is COC(=O)c1cc2nn(C3CCC(CO)CC3)cc2cc1NC(=O)c1cccc(C(C)(C)F)n1. The molecule has 1 amide bonds. The third-order valence-corrected chi connectivity index (χ3v) is 6.35. The molecule has 8 nitrogen and oxygen atoms in total. The van der Waals surface area contributed by atoms with Crippen LogP contribution in [0.1, 0.15) is 72.1 Å². The Hall–Kier alpha value is -3.33. The molecule has 1 fully saturated rings. The normalized spacial score (nSPS) is 18.6. The first-order valence-electron chi connectivity index (χ1n) is 11.4. The Labute approximate surface area is 197 Å². The number of rotatable bonds is 6. The molecule has 0 aliphatic heterocycles. The van der Waals surface area contributed by atoms with E-state index in [9.17, 15) is 19.1 Å². The van der Waals surface area contributed by atoms with Crippen LogP contribution in [0.3, 0.4) is 0 Å². The minimum atomic E-state index is -1.70. The molecule has 1 saturated carbocycles. The fraction of sp³-hybridized carbons (Fsp3) is 0.440. The lowest BCUT2D eigenvalue weighted by Crippen LogP contribution is -2.20. The van der Waals surface area contributed by atoms with Gasteiger partial charge in [-0.1, -0.05) is 6.07 Å². The molecule has 3 aromatic rings. The van der Waals surface area contributed by atoms with Crippen LogP contribution in [0.5, 0.6) is 0 Å². The molecule has 9 heteroatoms. The Morgan fingerprint density at radius 3 is 2.62 bits per heavy atom. The van der Waals surface area contributed by atoms with Crippen LogP contribution in [0.2, 0.25) is 0 Å². The van der Waals surface area contributed by atoms with Gasteiger partial charge in [-0.25, -0.2) is 14.2 Å². The maximum Gasteiger partial charge on any atom is 0.340 e. The van der Waals surface area contributed by atoms with Crippen LogP contribution >= 0.6 is 0 Å². The number of nitrogens with zero attached hydrogens (tertiary/aromatic N) is 3. The minimum absolute atomic E-state index is 0.0375. The number of hydrogen-bond acceptors (Lipinski definition) is 6. The van der Waals surface area contributed by atoms with Crippen molar-refractivity contribution in [1.82, 2.24) is 14.8 Å². The molecule has 0 saturated heterocycles. The molecule has 1 aliphatic rings. The summed E-state index contributed by atoms with van der Waals surface area (Å²) in [6, 6.07) is 8.07. The Bertz CT molecular complexity index is 1210. The molecule has 0 unspecified atom stereocenters. The number of ether oxygens (including phenoxy) is 1. The maximum atomic E-state index is 14.3. The van der Waals surface area contributed by atoms with Crippen LogP contribution in [0, 0.1) is 5.92 Å². The number of benzene rings is 1. The summed E-state index contributed by atoms with van der Waals surface area (Å²) >= 11 is 0. The third kappa shape index (κ3) is 4.94. The summed E-state index contributed by atoms with van der Waals surface area (Å²) in [6.07, 6.45) is 5.61. The van der Waals surface area contributed by atoms with E-state index in [0.29, 0.717) is 11.4 Å². The van der Waals surface area contributed by atoms with Crippen LogP contribution in [0.25, 0.3) is 10.9 Å². The van der Waals surface area contributed by atoms with E-state index in [1.54, 1.807) is 18.2 Å². The first-order valence-corrected chi connectivity index (χ1v) is 11.4. The molecular weight excluding hydrogens is 439 g/mol. The highest BCUT2D eigenvalue weighted by atomic mass is 19.1. The van der Waals surface area contributed by atoms with Crippen molar-refractivity contribution in [3.63, 3.8) is 0 Å². The van der Waals surface area contributed by atoms with Crippen molar-refractivity contribution >= 4 is 28.5 Å². The summed E-state index contributed by atoms with van der Waals surface area (Å²) in [5.74, 6) is -0.837. The van der Waals surface area contributed by atoms with E-state index in [-0.39, 0.29) is 35.3 Å². The molecular formula is C25H29FN4O4. The van der Waals surface area contributed by atoms with Gasteiger partial charge in [0.1, 0.15) is 11.4 Å². The van der Waals surface area contributed by atoms with E-state index in [2.05, 4.69) is 15.4 Å². The number of hydrogen-bond donors (Lipinski definition) is 2. The van der Waals surface area contributed by atoms with Gasteiger partial charge in [0, 0.05) is 18.2 Å². The first-order chi connectivity index (χ1) is 16.2. The Balaban J connectivity index is 1.65. The Morgan fingerprint density at radius 1 is 1.24 bits per heavy atom. The number of aliphatic hydroxyl groups excluding tert-OH is 1. The second kappa shape index (κ2) is 9.50. The molecule has 2 heterocycles. The molecule has 2 aromatic heterocycles. The molecule has 1 aromatic carbocycles. The van der Waals surface area contributed by atoms with Gasteiger partial charge >= 0.3 is 5.97 Å². The summed E-state index contributed by atoms with van der Waals surface area (Å²) in [6.45, 7) is 2.95. The number of carbonyl (C=O) groups is 2. The van der Waals surface area contributed by atoms with Crippen LogP contribution in [-0.2, 0) is 10.4 Å². The van der Waals surface area contributed by atoms with Gasteiger partial charge < -0.3 is 15.2 Å². The van der Waals surface area contributed by atoms with E-state index in [1.165, 1.54) is 33.1 Å². The molecule has 0 atom stereocenters. The monoisotopic (exact) mass is 468 g/mol. The van der Waals surface area contributed by atoms with Gasteiger partial charge in [0.05, 0.1) is 35.6 Å². The van der Waals surface area contributed by atoms with Gasteiger partial charge in [-0.15, -0.1) is 0 Å². The predicted molar refractivity (Wildman–Crippen MR) is 125 cm³/mol. The number of aromatic nitrogens is 3. The molecule has 180 valence electrons. The van der Waals surface area contributed by atoms with E-state index < -0.39 is 17.5 Å². The lowest BCUT2D eigenvalue weighted by Gasteiger charge is -2.27.